The molecule has 0 bridgehead atoms. The molecule has 0 saturated heterocycles. The molecule has 4 heteroatoms. The van der Waals surface area contributed by atoms with Gasteiger partial charge in [0.05, 0.1) is 5.39 Å². The van der Waals surface area contributed by atoms with Crippen molar-refractivity contribution in [2.75, 3.05) is 0 Å². The van der Waals surface area contributed by atoms with Crippen LogP contribution in [0.2, 0.25) is 0 Å². The Morgan fingerprint density at radius 1 is 1.10 bits per heavy atom. The van der Waals surface area contributed by atoms with Gasteiger partial charge in [-0.05, 0) is 29.2 Å². The van der Waals surface area contributed by atoms with Crippen molar-refractivity contribution in [3.05, 3.63) is 42.0 Å². The van der Waals surface area contributed by atoms with Crippen LogP contribution in [0.15, 0.2) is 40.8 Å². The minimum absolute atomic E-state index is 0.0271. The molecule has 0 fully saturated rings. The van der Waals surface area contributed by atoms with Crippen molar-refractivity contribution in [3.8, 4) is 5.75 Å². The van der Waals surface area contributed by atoms with E-state index in [-0.39, 0.29) is 5.41 Å². The van der Waals surface area contributed by atoms with E-state index >= 15 is 0 Å². The molecular formula is C16H16BO3. The Kier molecular flexibility index (Phi) is 2.98. The molecule has 1 N–H and O–H groups in total. The van der Waals surface area contributed by atoms with Gasteiger partial charge in [0.25, 0.3) is 0 Å². The highest BCUT2D eigenvalue weighted by atomic mass is 16.5. The summed E-state index contributed by atoms with van der Waals surface area (Å²) in [5.74, 6) is 0.611. The van der Waals surface area contributed by atoms with Crippen molar-refractivity contribution in [2.45, 2.75) is 26.2 Å². The molecule has 0 aliphatic heterocycles. The van der Waals surface area contributed by atoms with E-state index in [2.05, 4.69) is 20.8 Å². The monoisotopic (exact) mass is 267 g/mol. The molecular weight excluding hydrogens is 251 g/mol. The standard InChI is InChI=1S/C16H16BO3/c1-16(2,3)10-8-13-15(14(9-10)20-17-18)11-6-4-5-7-12(11)19-13/h4-9,18H,1-3H3. The molecule has 0 spiro atoms. The molecule has 0 saturated carbocycles. The zero-order chi connectivity index (χ0) is 14.3. The molecule has 0 aliphatic rings. The second-order valence-electron chi connectivity index (χ2n) is 5.92. The van der Waals surface area contributed by atoms with E-state index in [1.807, 2.05) is 36.4 Å². The largest absolute Gasteiger partial charge is 0.569 e. The summed E-state index contributed by atoms with van der Waals surface area (Å²) in [4.78, 5) is 0. The third-order valence-corrected chi connectivity index (χ3v) is 3.49. The number of hydrogen-bond acceptors (Lipinski definition) is 3. The van der Waals surface area contributed by atoms with Gasteiger partial charge in [-0.3, -0.25) is 0 Å². The molecule has 0 unspecified atom stereocenters. The van der Waals surface area contributed by atoms with Crippen molar-refractivity contribution in [2.24, 2.45) is 0 Å². The molecule has 3 rings (SSSR count). The van der Waals surface area contributed by atoms with Crippen molar-refractivity contribution in [1.82, 2.24) is 0 Å². The van der Waals surface area contributed by atoms with Crippen LogP contribution in [-0.4, -0.2) is 12.7 Å². The third kappa shape index (κ3) is 2.06. The Bertz CT molecular complexity index is 768. The number of benzene rings is 2. The van der Waals surface area contributed by atoms with Crippen LogP contribution in [0, 0.1) is 0 Å². The smallest absolute Gasteiger partial charge is 0.537 e. The lowest BCUT2D eigenvalue weighted by atomic mass is 9.86. The Hall–Kier alpha value is -1.94. The molecule has 1 heterocycles. The Balaban J connectivity index is 2.38. The van der Waals surface area contributed by atoms with Crippen LogP contribution < -0.4 is 4.65 Å². The highest BCUT2D eigenvalue weighted by Gasteiger charge is 2.20. The fourth-order valence-corrected chi connectivity index (χ4v) is 2.40. The lowest BCUT2D eigenvalue weighted by Gasteiger charge is -2.20. The first kappa shape index (κ1) is 13.1. The maximum Gasteiger partial charge on any atom is 0.569 e. The highest BCUT2D eigenvalue weighted by Crippen LogP contribution is 2.39. The summed E-state index contributed by atoms with van der Waals surface area (Å²) < 4.78 is 11.2. The number of furan rings is 1. The summed E-state index contributed by atoms with van der Waals surface area (Å²) in [6, 6.07) is 11.8. The average molecular weight is 267 g/mol. The molecule has 2 aromatic carbocycles. The molecule has 1 radical (unpaired) electrons. The minimum atomic E-state index is -0.0271. The predicted molar refractivity (Wildman–Crippen MR) is 81.0 cm³/mol. The Morgan fingerprint density at radius 3 is 2.55 bits per heavy atom. The molecule has 3 aromatic rings. The fraction of sp³-hybridized carbons (Fsp3) is 0.250. The molecule has 20 heavy (non-hydrogen) atoms. The number of hydrogen-bond donors (Lipinski definition) is 1. The summed E-state index contributed by atoms with van der Waals surface area (Å²) in [6.07, 6.45) is 0. The first-order chi connectivity index (χ1) is 9.50. The quantitative estimate of drug-likeness (QED) is 0.718. The number of para-hydroxylation sites is 1. The van der Waals surface area contributed by atoms with Crippen LogP contribution in [-0.2, 0) is 5.41 Å². The van der Waals surface area contributed by atoms with Gasteiger partial charge in [0.15, 0.2) is 0 Å². The molecule has 1 aromatic heterocycles. The molecule has 3 nitrogen and oxygen atoms in total. The Morgan fingerprint density at radius 2 is 1.85 bits per heavy atom. The van der Waals surface area contributed by atoms with Crippen LogP contribution in [0.3, 0.4) is 0 Å². The molecule has 0 amide bonds. The average Bonchev–Trinajstić information content (AvgIpc) is 2.76. The van der Waals surface area contributed by atoms with E-state index < -0.39 is 0 Å². The van der Waals surface area contributed by atoms with Crippen molar-refractivity contribution >= 4 is 29.6 Å². The van der Waals surface area contributed by atoms with Crippen molar-refractivity contribution < 1.29 is 14.1 Å². The SMILES string of the molecule is CC(C)(C)c1cc(O[B]O)c2c(c1)oc1ccccc12. The van der Waals surface area contributed by atoms with Crippen LogP contribution in [0.1, 0.15) is 26.3 Å². The van der Waals surface area contributed by atoms with Crippen molar-refractivity contribution in [1.29, 1.82) is 0 Å². The van der Waals surface area contributed by atoms with Gasteiger partial charge in [0.1, 0.15) is 16.9 Å². The normalized spacial score (nSPS) is 12.0. The van der Waals surface area contributed by atoms with E-state index in [1.165, 1.54) is 0 Å². The second-order valence-corrected chi connectivity index (χ2v) is 5.92. The van der Waals surface area contributed by atoms with Gasteiger partial charge >= 0.3 is 7.69 Å². The summed E-state index contributed by atoms with van der Waals surface area (Å²) in [7, 11) is 0.711. The summed E-state index contributed by atoms with van der Waals surface area (Å²) in [6.45, 7) is 6.38. The van der Waals surface area contributed by atoms with Crippen LogP contribution in [0.5, 0.6) is 5.75 Å². The van der Waals surface area contributed by atoms with E-state index in [9.17, 15) is 0 Å². The first-order valence-corrected chi connectivity index (χ1v) is 6.59. The van der Waals surface area contributed by atoms with Crippen LogP contribution in [0.25, 0.3) is 21.9 Å². The first-order valence-electron chi connectivity index (χ1n) is 6.59. The Labute approximate surface area is 118 Å². The zero-order valence-electron chi connectivity index (χ0n) is 11.8. The molecule has 0 atom stereocenters. The maximum absolute atomic E-state index is 9.00. The van der Waals surface area contributed by atoms with Gasteiger partial charge in [-0.1, -0.05) is 39.0 Å². The van der Waals surface area contributed by atoms with Crippen LogP contribution >= 0.6 is 0 Å². The lowest BCUT2D eigenvalue weighted by molar-refractivity contribution is 0.455. The summed E-state index contributed by atoms with van der Waals surface area (Å²) in [5, 5.41) is 10.9. The van der Waals surface area contributed by atoms with Gasteiger partial charge < -0.3 is 14.1 Å². The number of rotatable bonds is 2. The van der Waals surface area contributed by atoms with Gasteiger partial charge in [0, 0.05) is 5.39 Å². The topological polar surface area (TPSA) is 42.6 Å². The summed E-state index contributed by atoms with van der Waals surface area (Å²) in [5.41, 5.74) is 2.66. The fourth-order valence-electron chi connectivity index (χ4n) is 2.40. The summed E-state index contributed by atoms with van der Waals surface area (Å²) >= 11 is 0. The molecule has 0 aliphatic carbocycles. The van der Waals surface area contributed by atoms with E-state index in [0.717, 1.165) is 27.5 Å². The van der Waals surface area contributed by atoms with Crippen LogP contribution in [0.4, 0.5) is 0 Å². The van der Waals surface area contributed by atoms with Gasteiger partial charge in [-0.2, -0.15) is 0 Å². The predicted octanol–water partition coefficient (Wildman–Crippen LogP) is 3.79. The minimum Gasteiger partial charge on any atom is -0.537 e. The number of fused-ring (bicyclic) bond motifs is 3. The van der Waals surface area contributed by atoms with Crippen molar-refractivity contribution in [3.63, 3.8) is 0 Å². The van der Waals surface area contributed by atoms with Gasteiger partial charge in [-0.15, -0.1) is 0 Å². The van der Waals surface area contributed by atoms with Gasteiger partial charge in [-0.25, -0.2) is 0 Å². The highest BCUT2D eigenvalue weighted by molar-refractivity contribution is 6.19. The third-order valence-electron chi connectivity index (χ3n) is 3.49. The second kappa shape index (κ2) is 4.56. The zero-order valence-corrected chi connectivity index (χ0v) is 11.8. The van der Waals surface area contributed by atoms with E-state index in [0.29, 0.717) is 13.4 Å². The molecule has 101 valence electrons. The van der Waals surface area contributed by atoms with E-state index in [1.54, 1.807) is 0 Å². The maximum atomic E-state index is 9.00. The van der Waals surface area contributed by atoms with E-state index in [4.69, 9.17) is 14.1 Å². The van der Waals surface area contributed by atoms with Gasteiger partial charge in [0.2, 0.25) is 0 Å². The lowest BCUT2D eigenvalue weighted by Crippen LogP contribution is -2.11.